The van der Waals surface area contributed by atoms with Gasteiger partial charge in [0.15, 0.2) is 10.5 Å². The van der Waals surface area contributed by atoms with Crippen LogP contribution in [0.2, 0.25) is 0 Å². The van der Waals surface area contributed by atoms with Gasteiger partial charge < -0.3 is 18.6 Å². The van der Waals surface area contributed by atoms with E-state index in [4.69, 9.17) is 18.6 Å². The normalized spacial score (nSPS) is 12.2. The Morgan fingerprint density at radius 3 is 1.75 bits per heavy atom. The third-order valence-electron chi connectivity index (χ3n) is 1.99. The zero-order valence-electron chi connectivity index (χ0n) is 11.1. The molecule has 0 radical (unpaired) electrons. The SMILES string of the molecule is CCCOCC(O[SiH3])(OCCC)OCCC. The van der Waals surface area contributed by atoms with Crippen LogP contribution < -0.4 is 0 Å². The first kappa shape index (κ1) is 16.1. The van der Waals surface area contributed by atoms with Gasteiger partial charge in [-0.15, -0.1) is 0 Å². The largest absolute Gasteiger partial charge is 0.378 e. The summed E-state index contributed by atoms with van der Waals surface area (Å²) in [6.45, 7) is 8.50. The van der Waals surface area contributed by atoms with E-state index < -0.39 is 5.97 Å². The van der Waals surface area contributed by atoms with Crippen molar-refractivity contribution in [3.63, 3.8) is 0 Å². The van der Waals surface area contributed by atoms with E-state index in [1.54, 1.807) is 0 Å². The second-order valence-electron chi connectivity index (χ2n) is 3.64. The van der Waals surface area contributed by atoms with Gasteiger partial charge in [0.2, 0.25) is 0 Å². The van der Waals surface area contributed by atoms with Gasteiger partial charge in [0.05, 0.1) is 13.2 Å². The van der Waals surface area contributed by atoms with Gasteiger partial charge in [-0.3, -0.25) is 0 Å². The fourth-order valence-electron chi connectivity index (χ4n) is 1.16. The van der Waals surface area contributed by atoms with Crippen molar-refractivity contribution < 1.29 is 18.6 Å². The Hall–Kier alpha value is 0.0569. The first-order valence-corrected chi connectivity index (χ1v) is 6.97. The monoisotopic (exact) mass is 250 g/mol. The average molecular weight is 250 g/mol. The molecule has 5 heteroatoms. The molecule has 4 nitrogen and oxygen atoms in total. The van der Waals surface area contributed by atoms with Crippen LogP contribution in [0.25, 0.3) is 0 Å². The Balaban J connectivity index is 4.16. The van der Waals surface area contributed by atoms with Crippen molar-refractivity contribution in [1.82, 2.24) is 0 Å². The van der Waals surface area contributed by atoms with E-state index in [2.05, 4.69) is 20.8 Å². The van der Waals surface area contributed by atoms with Crippen molar-refractivity contribution in [2.24, 2.45) is 0 Å². The molecule has 0 aliphatic carbocycles. The Kier molecular flexibility index (Phi) is 10.3. The van der Waals surface area contributed by atoms with E-state index in [-0.39, 0.29) is 0 Å². The molecule has 0 aliphatic heterocycles. The molecule has 0 aliphatic rings. The molecule has 0 aromatic rings. The fourth-order valence-corrected chi connectivity index (χ4v) is 1.51. The molecule has 0 aromatic carbocycles. The molecule has 0 N–H and O–H groups in total. The summed E-state index contributed by atoms with van der Waals surface area (Å²) in [5, 5.41) is 0. The summed E-state index contributed by atoms with van der Waals surface area (Å²) < 4.78 is 22.2. The number of hydrogen-bond acceptors (Lipinski definition) is 4. The first-order chi connectivity index (χ1) is 7.74. The van der Waals surface area contributed by atoms with Gasteiger partial charge in [0, 0.05) is 6.61 Å². The highest BCUT2D eigenvalue weighted by Gasteiger charge is 2.31. The summed E-state index contributed by atoms with van der Waals surface area (Å²) in [7, 11) is 0.568. The summed E-state index contributed by atoms with van der Waals surface area (Å²) in [5.74, 6) is -0.965. The van der Waals surface area contributed by atoms with Crippen molar-refractivity contribution in [2.75, 3.05) is 26.4 Å². The van der Waals surface area contributed by atoms with Gasteiger partial charge >= 0.3 is 0 Å². The lowest BCUT2D eigenvalue weighted by Crippen LogP contribution is -2.44. The lowest BCUT2D eigenvalue weighted by atomic mass is 10.5. The van der Waals surface area contributed by atoms with Crippen LogP contribution in [-0.4, -0.2) is 42.9 Å². The predicted molar refractivity (Wildman–Crippen MR) is 67.4 cm³/mol. The van der Waals surface area contributed by atoms with Crippen LogP contribution in [0, 0.1) is 0 Å². The molecule has 16 heavy (non-hydrogen) atoms. The second-order valence-corrected chi connectivity index (χ2v) is 4.04. The number of rotatable bonds is 11. The predicted octanol–water partition coefficient (Wildman–Crippen LogP) is 1.22. The van der Waals surface area contributed by atoms with Crippen LogP contribution in [0.5, 0.6) is 0 Å². The topological polar surface area (TPSA) is 36.9 Å². The number of ether oxygens (including phenoxy) is 3. The van der Waals surface area contributed by atoms with Crippen molar-refractivity contribution >= 4 is 10.5 Å². The molecule has 98 valence electrons. The Bertz CT molecular complexity index is 147. The van der Waals surface area contributed by atoms with Crippen LogP contribution in [0.4, 0.5) is 0 Å². The molecule has 0 amide bonds. The Morgan fingerprint density at radius 1 is 0.875 bits per heavy atom. The van der Waals surface area contributed by atoms with E-state index in [9.17, 15) is 0 Å². The molecule has 0 atom stereocenters. The van der Waals surface area contributed by atoms with E-state index in [0.717, 1.165) is 19.3 Å². The van der Waals surface area contributed by atoms with E-state index in [1.165, 1.54) is 0 Å². The van der Waals surface area contributed by atoms with Gasteiger partial charge in [0.25, 0.3) is 5.97 Å². The molecular weight excluding hydrogens is 224 g/mol. The van der Waals surface area contributed by atoms with Crippen LogP contribution >= 0.6 is 0 Å². The van der Waals surface area contributed by atoms with Crippen LogP contribution in [0.15, 0.2) is 0 Å². The average Bonchev–Trinajstić information content (AvgIpc) is 2.32. The van der Waals surface area contributed by atoms with Gasteiger partial charge in [-0.25, -0.2) is 0 Å². The molecular formula is C11H26O4Si. The van der Waals surface area contributed by atoms with Gasteiger partial charge in [-0.2, -0.15) is 0 Å². The number of hydrogen-bond donors (Lipinski definition) is 0. The molecule has 0 heterocycles. The summed E-state index contributed by atoms with van der Waals surface area (Å²) in [5.41, 5.74) is 0. The molecule has 0 unspecified atom stereocenters. The smallest absolute Gasteiger partial charge is 0.297 e. The second kappa shape index (κ2) is 10.2. The summed E-state index contributed by atoms with van der Waals surface area (Å²) >= 11 is 0. The third-order valence-corrected chi connectivity index (χ3v) is 2.61. The van der Waals surface area contributed by atoms with E-state index in [0.29, 0.717) is 36.9 Å². The van der Waals surface area contributed by atoms with E-state index >= 15 is 0 Å². The lowest BCUT2D eigenvalue weighted by Gasteiger charge is -2.32. The van der Waals surface area contributed by atoms with Crippen LogP contribution in [0.3, 0.4) is 0 Å². The van der Waals surface area contributed by atoms with Crippen molar-refractivity contribution in [3.8, 4) is 0 Å². The molecule has 0 rings (SSSR count). The highest BCUT2D eigenvalue weighted by atomic mass is 28.2. The molecule has 0 saturated heterocycles. The molecule has 0 fully saturated rings. The maximum atomic E-state index is 5.64. The molecule has 0 bridgehead atoms. The quantitative estimate of drug-likeness (QED) is 0.314. The minimum absolute atomic E-state index is 0.352. The highest BCUT2D eigenvalue weighted by Crippen LogP contribution is 2.16. The van der Waals surface area contributed by atoms with E-state index in [1.807, 2.05) is 0 Å². The summed E-state index contributed by atoms with van der Waals surface area (Å²) in [6.07, 6.45) is 2.87. The van der Waals surface area contributed by atoms with Crippen molar-refractivity contribution in [3.05, 3.63) is 0 Å². The standard InChI is InChI=1S/C11H26O4Si/c1-4-7-12-10-11(15-16,13-8-5-2)14-9-6-3/h4-10H2,1-3,16H3. The maximum absolute atomic E-state index is 5.64. The zero-order valence-corrected chi connectivity index (χ0v) is 13.1. The third kappa shape index (κ3) is 6.60. The Labute approximate surface area is 102 Å². The lowest BCUT2D eigenvalue weighted by molar-refractivity contribution is -0.360. The maximum Gasteiger partial charge on any atom is 0.297 e. The summed E-state index contributed by atoms with van der Waals surface area (Å²) in [6, 6.07) is 0. The Morgan fingerprint density at radius 2 is 1.38 bits per heavy atom. The van der Waals surface area contributed by atoms with Crippen molar-refractivity contribution in [1.29, 1.82) is 0 Å². The van der Waals surface area contributed by atoms with Crippen LogP contribution in [-0.2, 0) is 18.6 Å². The first-order valence-electron chi connectivity index (χ1n) is 6.15. The fraction of sp³-hybridized carbons (Fsp3) is 1.00. The van der Waals surface area contributed by atoms with Gasteiger partial charge in [0.1, 0.15) is 6.61 Å². The highest BCUT2D eigenvalue weighted by molar-refractivity contribution is 5.98. The summed E-state index contributed by atoms with van der Waals surface area (Å²) in [4.78, 5) is 0. The zero-order chi connectivity index (χ0) is 12.3. The molecule has 0 saturated carbocycles. The molecule has 0 aromatic heterocycles. The minimum atomic E-state index is -0.965. The van der Waals surface area contributed by atoms with Gasteiger partial charge in [-0.1, -0.05) is 20.8 Å². The molecule has 0 spiro atoms. The van der Waals surface area contributed by atoms with Gasteiger partial charge in [-0.05, 0) is 19.3 Å². The minimum Gasteiger partial charge on any atom is -0.378 e. The van der Waals surface area contributed by atoms with Crippen LogP contribution in [0.1, 0.15) is 40.0 Å². The van der Waals surface area contributed by atoms with Crippen molar-refractivity contribution in [2.45, 2.75) is 46.0 Å².